The van der Waals surface area contributed by atoms with Crippen LogP contribution in [0.5, 0.6) is 0 Å². The Labute approximate surface area is 298 Å². The standard InChI is InChI=1S/C22H19N.C15H13N.C8H7N.CH4.B/c1-3-9-18(10-4-1)15-20-17-23(16-19-11-5-2-6-12-19)22-14-8-7-13-21(20)22;1-2-6-13(7-3-1)12-16-11-10-14-8-4-5-9-15(14)16;1-2-4-8-7(3-1)5-6-9-8;;/h1-14,17H,15-16H2;1-11H,12H2;1-6,9H;1H4;. The molecule has 3 nitrogen and oxygen atoms in total. The zero-order chi connectivity index (χ0) is 32.4. The van der Waals surface area contributed by atoms with E-state index in [0.717, 1.165) is 19.5 Å². The number of nitrogens with zero attached hydrogens (tertiary/aromatic N) is 2. The normalized spacial score (nSPS) is 10.3. The molecule has 3 heterocycles. The minimum Gasteiger partial charge on any atom is -0.361 e. The van der Waals surface area contributed by atoms with E-state index in [1.54, 1.807) is 0 Å². The summed E-state index contributed by atoms with van der Waals surface area (Å²) < 4.78 is 4.65. The highest BCUT2D eigenvalue weighted by molar-refractivity contribution is 5.84. The minimum atomic E-state index is 0. The van der Waals surface area contributed by atoms with Crippen molar-refractivity contribution in [2.45, 2.75) is 26.9 Å². The van der Waals surface area contributed by atoms with Crippen molar-refractivity contribution >= 4 is 41.1 Å². The van der Waals surface area contributed by atoms with E-state index in [4.69, 9.17) is 0 Å². The van der Waals surface area contributed by atoms with Crippen molar-refractivity contribution in [3.05, 3.63) is 217 Å². The molecular formula is C46H43BN3. The Bertz CT molecular complexity index is 2210. The SMILES string of the molecule is C.[B].c1ccc(Cc2cn(Cc3ccccc3)c3ccccc23)cc1.c1ccc(Cn2ccc3ccccc32)cc1.c1ccc2[nH]ccc2c1. The van der Waals surface area contributed by atoms with E-state index in [1.807, 2.05) is 18.3 Å². The number of H-pyrrole nitrogens is 1. The molecule has 3 radical (unpaired) electrons. The fourth-order valence-corrected chi connectivity index (χ4v) is 6.24. The molecule has 4 heteroatoms. The van der Waals surface area contributed by atoms with Crippen molar-refractivity contribution in [3.63, 3.8) is 0 Å². The molecule has 0 fully saturated rings. The van der Waals surface area contributed by atoms with Gasteiger partial charge in [0.1, 0.15) is 0 Å². The first-order valence-electron chi connectivity index (χ1n) is 16.5. The lowest BCUT2D eigenvalue weighted by atomic mass is 10.0. The van der Waals surface area contributed by atoms with Crippen LogP contribution in [-0.4, -0.2) is 22.5 Å². The van der Waals surface area contributed by atoms with Gasteiger partial charge in [0, 0.05) is 62.0 Å². The van der Waals surface area contributed by atoms with Crippen LogP contribution >= 0.6 is 0 Å². The third kappa shape index (κ3) is 8.72. The van der Waals surface area contributed by atoms with Gasteiger partial charge in [-0.15, -0.1) is 0 Å². The smallest absolute Gasteiger partial charge is 0.0486 e. The Balaban J connectivity index is 0.000000156. The Morgan fingerprint density at radius 1 is 0.440 bits per heavy atom. The first kappa shape index (κ1) is 35.3. The molecule has 0 unspecified atom stereocenters. The second-order valence-corrected chi connectivity index (χ2v) is 12.0. The maximum atomic E-state index is 3.12. The van der Waals surface area contributed by atoms with Crippen molar-refractivity contribution in [2.24, 2.45) is 0 Å². The topological polar surface area (TPSA) is 25.6 Å². The Morgan fingerprint density at radius 2 is 0.960 bits per heavy atom. The van der Waals surface area contributed by atoms with Gasteiger partial charge in [-0.05, 0) is 69.8 Å². The van der Waals surface area contributed by atoms with Crippen LogP contribution in [0.15, 0.2) is 195 Å². The number of aromatic nitrogens is 3. The maximum Gasteiger partial charge on any atom is 0.0486 e. The van der Waals surface area contributed by atoms with Crippen LogP contribution in [0.1, 0.15) is 29.7 Å². The third-order valence-electron chi connectivity index (χ3n) is 8.64. The highest BCUT2D eigenvalue weighted by atomic mass is 15.0. The van der Waals surface area contributed by atoms with Crippen molar-refractivity contribution in [1.29, 1.82) is 0 Å². The fourth-order valence-electron chi connectivity index (χ4n) is 6.24. The predicted octanol–water partition coefficient (Wildman–Crippen LogP) is 11.4. The molecule has 9 aromatic rings. The molecule has 0 amide bonds. The quantitative estimate of drug-likeness (QED) is 0.174. The van der Waals surface area contributed by atoms with Crippen LogP contribution in [0, 0.1) is 0 Å². The number of benzene rings is 6. The second kappa shape index (κ2) is 17.4. The summed E-state index contributed by atoms with van der Waals surface area (Å²) in [5.74, 6) is 0. The van der Waals surface area contributed by atoms with Crippen LogP contribution in [-0.2, 0) is 19.5 Å². The van der Waals surface area contributed by atoms with Crippen LogP contribution in [0.3, 0.4) is 0 Å². The Morgan fingerprint density at radius 3 is 1.62 bits per heavy atom. The summed E-state index contributed by atoms with van der Waals surface area (Å²) in [5, 5.41) is 3.93. The molecule has 1 N–H and O–H groups in total. The molecule has 0 aliphatic rings. The Kier molecular flexibility index (Phi) is 12.3. The molecule has 0 spiro atoms. The van der Waals surface area contributed by atoms with Gasteiger partial charge in [-0.1, -0.05) is 153 Å². The van der Waals surface area contributed by atoms with E-state index < -0.39 is 0 Å². The first-order valence-corrected chi connectivity index (χ1v) is 16.5. The maximum absolute atomic E-state index is 3.12. The monoisotopic (exact) mass is 648 g/mol. The van der Waals surface area contributed by atoms with E-state index in [2.05, 4.69) is 190 Å². The van der Waals surface area contributed by atoms with E-state index in [0.29, 0.717) is 0 Å². The van der Waals surface area contributed by atoms with Gasteiger partial charge in [-0.3, -0.25) is 0 Å². The summed E-state index contributed by atoms with van der Waals surface area (Å²) in [7, 11) is 0. The van der Waals surface area contributed by atoms with Gasteiger partial charge in [0.25, 0.3) is 0 Å². The van der Waals surface area contributed by atoms with Gasteiger partial charge >= 0.3 is 0 Å². The molecule has 50 heavy (non-hydrogen) atoms. The van der Waals surface area contributed by atoms with E-state index >= 15 is 0 Å². The molecular weight excluding hydrogens is 605 g/mol. The van der Waals surface area contributed by atoms with E-state index in [1.165, 1.54) is 55.0 Å². The van der Waals surface area contributed by atoms with Crippen molar-refractivity contribution < 1.29 is 0 Å². The van der Waals surface area contributed by atoms with Gasteiger partial charge in [0.05, 0.1) is 0 Å². The van der Waals surface area contributed by atoms with Gasteiger partial charge in [0.15, 0.2) is 0 Å². The average Bonchev–Trinajstić information content (AvgIpc) is 3.88. The van der Waals surface area contributed by atoms with E-state index in [9.17, 15) is 0 Å². The van der Waals surface area contributed by atoms with Gasteiger partial charge < -0.3 is 14.1 Å². The zero-order valence-corrected chi connectivity index (χ0v) is 27.6. The molecule has 3 aromatic heterocycles. The highest BCUT2D eigenvalue weighted by Gasteiger charge is 2.09. The van der Waals surface area contributed by atoms with Crippen molar-refractivity contribution in [2.75, 3.05) is 0 Å². The molecule has 6 aromatic carbocycles. The summed E-state index contributed by atoms with van der Waals surface area (Å²) >= 11 is 0. The zero-order valence-electron chi connectivity index (χ0n) is 27.6. The lowest BCUT2D eigenvalue weighted by Gasteiger charge is -2.05. The Hall–Kier alpha value is -6.00. The summed E-state index contributed by atoms with van der Waals surface area (Å²) in [5.41, 5.74) is 9.23. The van der Waals surface area contributed by atoms with Gasteiger partial charge in [0.2, 0.25) is 0 Å². The molecule has 0 aliphatic carbocycles. The van der Waals surface area contributed by atoms with Crippen molar-refractivity contribution in [3.8, 4) is 0 Å². The summed E-state index contributed by atoms with van der Waals surface area (Å²) in [6.07, 6.45) is 7.39. The number of nitrogens with one attached hydrogen (secondary N) is 1. The predicted molar refractivity (Wildman–Crippen MR) is 215 cm³/mol. The minimum absolute atomic E-state index is 0. The first-order chi connectivity index (χ1) is 23.8. The largest absolute Gasteiger partial charge is 0.361 e. The average molecular weight is 649 g/mol. The molecule has 0 atom stereocenters. The van der Waals surface area contributed by atoms with E-state index in [-0.39, 0.29) is 15.8 Å². The second-order valence-electron chi connectivity index (χ2n) is 12.0. The van der Waals surface area contributed by atoms with Crippen LogP contribution in [0.2, 0.25) is 0 Å². The number of hydrogen-bond acceptors (Lipinski definition) is 0. The summed E-state index contributed by atoms with van der Waals surface area (Å²) in [6, 6.07) is 61.5. The molecule has 0 aliphatic heterocycles. The van der Waals surface area contributed by atoms with Gasteiger partial charge in [-0.25, -0.2) is 0 Å². The lowest BCUT2D eigenvalue weighted by molar-refractivity contribution is 0.832. The molecule has 245 valence electrons. The number of para-hydroxylation sites is 3. The third-order valence-corrected chi connectivity index (χ3v) is 8.64. The number of fused-ring (bicyclic) bond motifs is 3. The van der Waals surface area contributed by atoms with Crippen molar-refractivity contribution in [1.82, 2.24) is 14.1 Å². The molecule has 0 saturated heterocycles. The number of rotatable bonds is 6. The van der Waals surface area contributed by atoms with Crippen LogP contribution in [0.4, 0.5) is 0 Å². The summed E-state index contributed by atoms with van der Waals surface area (Å²) in [6.45, 7) is 1.85. The summed E-state index contributed by atoms with van der Waals surface area (Å²) in [4.78, 5) is 3.12. The van der Waals surface area contributed by atoms with Crippen LogP contribution in [0.25, 0.3) is 32.7 Å². The molecule has 0 bridgehead atoms. The molecule has 9 rings (SSSR count). The highest BCUT2D eigenvalue weighted by Crippen LogP contribution is 2.25. The van der Waals surface area contributed by atoms with Crippen LogP contribution < -0.4 is 0 Å². The number of aromatic amines is 1. The molecule has 0 saturated carbocycles. The number of hydrogen-bond donors (Lipinski definition) is 1. The lowest BCUT2D eigenvalue weighted by Crippen LogP contribution is -1.97. The fraction of sp³-hybridized carbons (Fsp3) is 0.0870. The van der Waals surface area contributed by atoms with Gasteiger partial charge in [-0.2, -0.15) is 0 Å².